The predicted octanol–water partition coefficient (Wildman–Crippen LogP) is 6.91. The maximum absolute atomic E-state index is 12.8. The number of hydrogen-bond donors (Lipinski definition) is 5. The summed E-state index contributed by atoms with van der Waals surface area (Å²) >= 11 is 0. The molecular formula is C40H53NO9S2. The van der Waals surface area contributed by atoms with E-state index in [-0.39, 0.29) is 22.5 Å². The highest BCUT2D eigenvalue weighted by atomic mass is 32.2. The molecule has 0 bridgehead atoms. The summed E-state index contributed by atoms with van der Waals surface area (Å²) in [4.78, 5) is 0.412. The Balaban J connectivity index is 0.000000358. The smallest absolute Gasteiger partial charge is 0.294 e. The minimum Gasteiger partial charge on any atom is -0.508 e. The molecule has 5 N–H and O–H groups in total. The lowest BCUT2D eigenvalue weighted by molar-refractivity contribution is 0.126. The van der Waals surface area contributed by atoms with Gasteiger partial charge in [0.15, 0.2) is 9.84 Å². The molecule has 1 saturated carbocycles. The van der Waals surface area contributed by atoms with Crippen LogP contribution in [-0.2, 0) is 37.7 Å². The first-order chi connectivity index (χ1) is 25.0. The van der Waals surface area contributed by atoms with Crippen molar-refractivity contribution in [2.45, 2.75) is 98.4 Å². The third-order valence-corrected chi connectivity index (χ3v) is 12.5. The minimum absolute atomic E-state index is 0.0372. The van der Waals surface area contributed by atoms with Crippen molar-refractivity contribution >= 4 is 30.7 Å². The molecule has 0 saturated heterocycles. The summed E-state index contributed by atoms with van der Waals surface area (Å²) in [6, 6.07) is 24.2. The number of benzene rings is 4. The van der Waals surface area contributed by atoms with E-state index < -0.39 is 26.1 Å². The Labute approximate surface area is 308 Å². The number of nitrogens with one attached hydrogen (secondary N) is 1. The van der Waals surface area contributed by atoms with Crippen LogP contribution in [0.4, 0.5) is 0 Å². The molecule has 12 heteroatoms. The van der Waals surface area contributed by atoms with Crippen LogP contribution >= 0.6 is 0 Å². The molecule has 10 nitrogen and oxygen atoms in total. The van der Waals surface area contributed by atoms with Crippen LogP contribution in [0, 0.1) is 0 Å². The molecule has 1 atom stereocenters. The first kappa shape index (κ1) is 41.4. The number of unbranched alkanes of at least 4 members (excludes halogenated alkanes) is 4. The van der Waals surface area contributed by atoms with Gasteiger partial charge >= 0.3 is 0 Å². The molecule has 0 radical (unpaired) electrons. The number of aryl methyl sites for hydroxylation is 1. The summed E-state index contributed by atoms with van der Waals surface area (Å²) in [7, 11) is -7.29. The van der Waals surface area contributed by atoms with Crippen LogP contribution in [0.25, 0.3) is 10.8 Å². The summed E-state index contributed by atoms with van der Waals surface area (Å²) in [5.41, 5.74) is 2.18. The molecular weight excluding hydrogens is 703 g/mol. The topological polar surface area (TPSA) is 170 Å². The van der Waals surface area contributed by atoms with Gasteiger partial charge in [-0.2, -0.15) is 8.42 Å². The third-order valence-electron chi connectivity index (χ3n) is 9.38. The predicted molar refractivity (Wildman–Crippen MR) is 204 cm³/mol. The molecule has 4 aromatic carbocycles. The van der Waals surface area contributed by atoms with Crippen LogP contribution in [0.3, 0.4) is 0 Å². The second-order valence-corrected chi connectivity index (χ2v) is 17.0. The van der Waals surface area contributed by atoms with Crippen LogP contribution in [0.1, 0.15) is 87.0 Å². The molecule has 0 unspecified atom stereocenters. The van der Waals surface area contributed by atoms with E-state index in [9.17, 15) is 32.2 Å². The van der Waals surface area contributed by atoms with Gasteiger partial charge in [0.1, 0.15) is 5.75 Å². The second kappa shape index (κ2) is 20.8. The van der Waals surface area contributed by atoms with E-state index in [1.54, 1.807) is 30.3 Å². The first-order valence-corrected chi connectivity index (χ1v) is 21.2. The number of fused-ring (bicyclic) bond motifs is 1. The van der Waals surface area contributed by atoms with Gasteiger partial charge < -0.3 is 25.4 Å². The lowest BCUT2D eigenvalue weighted by Crippen LogP contribution is -2.22. The van der Waals surface area contributed by atoms with Gasteiger partial charge in [0.25, 0.3) is 10.1 Å². The highest BCUT2D eigenvalue weighted by molar-refractivity contribution is 7.92. The van der Waals surface area contributed by atoms with Gasteiger partial charge in [-0.1, -0.05) is 74.2 Å². The van der Waals surface area contributed by atoms with Crippen LogP contribution in [-0.4, -0.2) is 68.3 Å². The summed E-state index contributed by atoms with van der Waals surface area (Å²) < 4.78 is 61.9. The highest BCUT2D eigenvalue weighted by Gasteiger charge is 2.30. The normalized spacial score (nSPS) is 14.3. The number of sulfone groups is 1. The molecule has 0 aromatic heterocycles. The molecule has 4 aromatic rings. The number of phenols is 1. The van der Waals surface area contributed by atoms with Gasteiger partial charge in [-0.25, -0.2) is 8.42 Å². The van der Waals surface area contributed by atoms with Crippen molar-refractivity contribution in [3.63, 3.8) is 0 Å². The molecule has 0 heterocycles. The lowest BCUT2D eigenvalue weighted by Gasteiger charge is -2.14. The van der Waals surface area contributed by atoms with Gasteiger partial charge in [-0.05, 0) is 110 Å². The van der Waals surface area contributed by atoms with Crippen LogP contribution in [0.15, 0.2) is 94.7 Å². The van der Waals surface area contributed by atoms with E-state index >= 15 is 0 Å². The van der Waals surface area contributed by atoms with Crippen molar-refractivity contribution < 1.29 is 41.4 Å². The number of aliphatic hydroxyl groups is 2. The number of aliphatic hydroxyl groups excluding tert-OH is 2. The van der Waals surface area contributed by atoms with E-state index in [1.807, 2.05) is 36.4 Å². The first-order valence-electron chi connectivity index (χ1n) is 18.2. The minimum atomic E-state index is -4.09. The average molecular weight is 756 g/mol. The van der Waals surface area contributed by atoms with E-state index in [0.29, 0.717) is 22.6 Å². The zero-order valence-corrected chi connectivity index (χ0v) is 31.3. The summed E-state index contributed by atoms with van der Waals surface area (Å²) in [5, 5.41) is 33.9. The monoisotopic (exact) mass is 755 g/mol. The van der Waals surface area contributed by atoms with Gasteiger partial charge in [-0.15, -0.1) is 0 Å². The fourth-order valence-electron chi connectivity index (χ4n) is 6.34. The number of ether oxygens (including phenoxy) is 1. The quantitative estimate of drug-likeness (QED) is 0.0501. The van der Waals surface area contributed by atoms with E-state index in [0.717, 1.165) is 107 Å². The highest BCUT2D eigenvalue weighted by Crippen LogP contribution is 2.30. The number of hydrogen-bond acceptors (Lipinski definition) is 9. The fraction of sp³-hybridized carbons (Fsp3) is 0.450. The Hall–Kier alpha value is -3.36. The van der Waals surface area contributed by atoms with Gasteiger partial charge in [0.2, 0.25) is 0 Å². The van der Waals surface area contributed by atoms with E-state index in [1.165, 1.54) is 18.2 Å². The standard InChI is InChI=1S/C30H45NO6S.C10H8O3S/c32-23-26-21-25(15-16-29(26)33)30(34)22-31-17-6-1-2-7-18-37-19-8-5-10-24-11-9-14-28(20-24)38(35,36)27-12-3-4-13-27;11-14(12,13)10-6-5-8-3-1-2-4-9(8)7-10/h9,11,14-16,20-21,27,30-34H,1-8,10,12-13,17-19,22-23H2;1-7H,(H,11,12,13)/t30-;/m0./s1. The van der Waals surface area contributed by atoms with Crippen LogP contribution in [0.2, 0.25) is 0 Å². The van der Waals surface area contributed by atoms with Crippen molar-refractivity contribution in [3.05, 3.63) is 102 Å². The molecule has 0 aliphatic heterocycles. The zero-order chi connectivity index (χ0) is 37.4. The van der Waals surface area contributed by atoms with Crippen LogP contribution < -0.4 is 5.32 Å². The molecule has 5 rings (SSSR count). The Morgan fingerprint density at radius 2 is 1.46 bits per heavy atom. The Kier molecular flexibility index (Phi) is 16.5. The van der Waals surface area contributed by atoms with Crippen molar-refractivity contribution in [2.24, 2.45) is 0 Å². The molecule has 1 aliphatic carbocycles. The van der Waals surface area contributed by atoms with E-state index in [2.05, 4.69) is 5.32 Å². The van der Waals surface area contributed by atoms with Crippen molar-refractivity contribution in [3.8, 4) is 5.75 Å². The molecule has 52 heavy (non-hydrogen) atoms. The maximum atomic E-state index is 12.8. The van der Waals surface area contributed by atoms with Gasteiger partial charge in [-0.3, -0.25) is 4.55 Å². The number of rotatable bonds is 19. The Morgan fingerprint density at radius 3 is 2.19 bits per heavy atom. The number of aromatic hydroxyl groups is 1. The van der Waals surface area contributed by atoms with E-state index in [4.69, 9.17) is 9.29 Å². The second-order valence-electron chi connectivity index (χ2n) is 13.3. The molecule has 1 fully saturated rings. The summed E-state index contributed by atoms with van der Waals surface area (Å²) in [6.07, 6.45) is 10.0. The van der Waals surface area contributed by atoms with Gasteiger partial charge in [0, 0.05) is 25.3 Å². The Bertz CT molecular complexity index is 1910. The maximum Gasteiger partial charge on any atom is 0.294 e. The summed E-state index contributed by atoms with van der Waals surface area (Å²) in [6.45, 7) is 2.49. The SMILES string of the molecule is O=S(=O)(O)c1ccc2ccccc2c1.O=S(=O)(c1cccc(CCCCOCCCCCCNC[C@H](O)c2ccc(O)c(CO)c2)c1)C1CCCC1. The molecule has 284 valence electrons. The van der Waals surface area contributed by atoms with Crippen molar-refractivity contribution in [1.29, 1.82) is 0 Å². The largest absolute Gasteiger partial charge is 0.508 e. The molecule has 0 amide bonds. The molecule has 1 aliphatic rings. The molecule has 0 spiro atoms. The van der Waals surface area contributed by atoms with Crippen molar-refractivity contribution in [1.82, 2.24) is 5.32 Å². The third kappa shape index (κ3) is 12.9. The average Bonchev–Trinajstić information content (AvgIpc) is 3.70. The van der Waals surface area contributed by atoms with Gasteiger partial charge in [0.05, 0.1) is 27.8 Å². The zero-order valence-electron chi connectivity index (χ0n) is 29.7. The Morgan fingerprint density at radius 1 is 0.750 bits per heavy atom. The lowest BCUT2D eigenvalue weighted by atomic mass is 10.1. The van der Waals surface area contributed by atoms with Crippen LogP contribution in [0.5, 0.6) is 5.75 Å². The van der Waals surface area contributed by atoms with Crippen molar-refractivity contribution in [2.75, 3.05) is 26.3 Å². The fourth-order valence-corrected chi connectivity index (χ4v) is 8.77. The summed E-state index contributed by atoms with van der Waals surface area (Å²) in [5.74, 6) is 0.0372.